The fourth-order valence-corrected chi connectivity index (χ4v) is 1.32. The average Bonchev–Trinajstić information content (AvgIpc) is 2.28. The minimum absolute atomic E-state index is 0.289. The van der Waals surface area contributed by atoms with Crippen LogP contribution in [0.25, 0.3) is 0 Å². The van der Waals surface area contributed by atoms with Gasteiger partial charge in [0.05, 0.1) is 11.4 Å². The summed E-state index contributed by atoms with van der Waals surface area (Å²) in [4.78, 5) is 4.28. The van der Waals surface area contributed by atoms with E-state index in [0.29, 0.717) is 5.95 Å². The lowest BCUT2D eigenvalue weighted by molar-refractivity contribution is 0.283. The minimum atomic E-state index is 0.289. The van der Waals surface area contributed by atoms with Crippen molar-refractivity contribution in [1.82, 2.24) is 15.2 Å². The van der Waals surface area contributed by atoms with Gasteiger partial charge in [0.2, 0.25) is 5.95 Å². The number of aryl methyl sites for hydroxylation is 2. The molecule has 0 fully saturated rings. The Balaban J connectivity index is 2.19. The van der Waals surface area contributed by atoms with Crippen LogP contribution in [0.1, 0.15) is 37.1 Å². The van der Waals surface area contributed by atoms with Gasteiger partial charge in [0.15, 0.2) is 0 Å². The first-order valence-corrected chi connectivity index (χ1v) is 5.76. The summed E-state index contributed by atoms with van der Waals surface area (Å²) in [6.07, 6.45) is 4.15. The molecule has 0 aliphatic carbocycles. The summed E-state index contributed by atoms with van der Waals surface area (Å²) in [6.45, 7) is 4.97. The minimum Gasteiger partial charge on any atom is -0.396 e. The van der Waals surface area contributed by atoms with E-state index in [1.165, 1.54) is 0 Å². The SMILES string of the molecule is Cc1nnc(NCCCCCCO)nc1C. The quantitative estimate of drug-likeness (QED) is 0.686. The number of anilines is 1. The number of aliphatic hydroxyl groups excluding tert-OH is 1. The topological polar surface area (TPSA) is 70.9 Å². The zero-order chi connectivity index (χ0) is 11.8. The maximum atomic E-state index is 8.61. The standard InChI is InChI=1S/C11H20N4O/c1-9-10(2)14-15-11(13-9)12-7-5-3-4-6-8-16/h16H,3-8H2,1-2H3,(H,12,13,15). The van der Waals surface area contributed by atoms with Crippen molar-refractivity contribution >= 4 is 5.95 Å². The summed E-state index contributed by atoms with van der Waals surface area (Å²) < 4.78 is 0. The summed E-state index contributed by atoms with van der Waals surface area (Å²) in [7, 11) is 0. The Hall–Kier alpha value is -1.23. The number of aromatic nitrogens is 3. The molecule has 1 heterocycles. The molecule has 0 bridgehead atoms. The van der Waals surface area contributed by atoms with Crippen LogP contribution in [0.15, 0.2) is 0 Å². The Morgan fingerprint density at radius 3 is 2.44 bits per heavy atom. The van der Waals surface area contributed by atoms with E-state index in [0.717, 1.165) is 43.6 Å². The normalized spacial score (nSPS) is 10.4. The Kier molecular flexibility index (Phi) is 5.71. The van der Waals surface area contributed by atoms with Gasteiger partial charge in [-0.05, 0) is 26.7 Å². The van der Waals surface area contributed by atoms with E-state index >= 15 is 0 Å². The van der Waals surface area contributed by atoms with Crippen LogP contribution in [0, 0.1) is 13.8 Å². The molecule has 2 N–H and O–H groups in total. The number of rotatable bonds is 7. The second kappa shape index (κ2) is 7.11. The maximum absolute atomic E-state index is 8.61. The molecular weight excluding hydrogens is 204 g/mol. The third kappa shape index (κ3) is 4.53. The molecule has 0 aromatic carbocycles. The highest BCUT2D eigenvalue weighted by atomic mass is 16.2. The number of hydrogen-bond acceptors (Lipinski definition) is 5. The lowest BCUT2D eigenvalue weighted by atomic mass is 10.2. The van der Waals surface area contributed by atoms with Gasteiger partial charge in [0.1, 0.15) is 0 Å². The Morgan fingerprint density at radius 2 is 1.75 bits per heavy atom. The number of nitrogens with one attached hydrogen (secondary N) is 1. The van der Waals surface area contributed by atoms with E-state index in [4.69, 9.17) is 5.11 Å². The van der Waals surface area contributed by atoms with Gasteiger partial charge < -0.3 is 10.4 Å². The number of unbranched alkanes of at least 4 members (excludes halogenated alkanes) is 3. The smallest absolute Gasteiger partial charge is 0.242 e. The first kappa shape index (κ1) is 12.8. The predicted molar refractivity (Wildman–Crippen MR) is 63.3 cm³/mol. The zero-order valence-electron chi connectivity index (χ0n) is 10.0. The van der Waals surface area contributed by atoms with Crippen molar-refractivity contribution in [3.8, 4) is 0 Å². The fourth-order valence-electron chi connectivity index (χ4n) is 1.32. The van der Waals surface area contributed by atoms with Crippen LogP contribution in [0.3, 0.4) is 0 Å². The first-order chi connectivity index (χ1) is 7.74. The molecule has 0 aliphatic rings. The van der Waals surface area contributed by atoms with Crippen LogP contribution < -0.4 is 5.32 Å². The average molecular weight is 224 g/mol. The van der Waals surface area contributed by atoms with Gasteiger partial charge in [-0.1, -0.05) is 12.8 Å². The number of aliphatic hydroxyl groups is 1. The van der Waals surface area contributed by atoms with Crippen LogP contribution in [0.5, 0.6) is 0 Å². The highest BCUT2D eigenvalue weighted by Crippen LogP contribution is 2.03. The monoisotopic (exact) mass is 224 g/mol. The largest absolute Gasteiger partial charge is 0.396 e. The van der Waals surface area contributed by atoms with Gasteiger partial charge in [0.25, 0.3) is 0 Å². The second-order valence-electron chi connectivity index (χ2n) is 3.87. The summed E-state index contributed by atoms with van der Waals surface area (Å²) in [6, 6.07) is 0. The first-order valence-electron chi connectivity index (χ1n) is 5.76. The van der Waals surface area contributed by atoms with E-state index in [-0.39, 0.29) is 6.61 Å². The molecule has 5 nitrogen and oxygen atoms in total. The molecule has 0 unspecified atom stereocenters. The van der Waals surface area contributed by atoms with Crippen molar-refractivity contribution in [1.29, 1.82) is 0 Å². The molecule has 0 amide bonds. The number of hydrogen-bond donors (Lipinski definition) is 2. The molecule has 16 heavy (non-hydrogen) atoms. The third-order valence-corrected chi connectivity index (χ3v) is 2.46. The molecule has 1 rings (SSSR count). The van der Waals surface area contributed by atoms with Crippen LogP contribution in [-0.2, 0) is 0 Å². The van der Waals surface area contributed by atoms with Crippen molar-refractivity contribution in [3.63, 3.8) is 0 Å². The highest BCUT2D eigenvalue weighted by molar-refractivity contribution is 5.24. The molecule has 1 aromatic heterocycles. The molecule has 0 atom stereocenters. The van der Waals surface area contributed by atoms with Gasteiger partial charge in [-0.15, -0.1) is 5.10 Å². The molecule has 0 radical (unpaired) electrons. The van der Waals surface area contributed by atoms with Crippen LogP contribution in [0.4, 0.5) is 5.95 Å². The lowest BCUT2D eigenvalue weighted by Crippen LogP contribution is -2.08. The van der Waals surface area contributed by atoms with Crippen molar-refractivity contribution in [2.24, 2.45) is 0 Å². The van der Waals surface area contributed by atoms with E-state index in [9.17, 15) is 0 Å². The molecular formula is C11H20N4O. The molecule has 5 heteroatoms. The lowest BCUT2D eigenvalue weighted by Gasteiger charge is -2.05. The molecule has 0 saturated heterocycles. The Morgan fingerprint density at radius 1 is 1.00 bits per heavy atom. The van der Waals surface area contributed by atoms with E-state index in [1.54, 1.807) is 0 Å². The molecule has 90 valence electrons. The number of nitrogens with zero attached hydrogens (tertiary/aromatic N) is 3. The molecule has 0 saturated carbocycles. The zero-order valence-corrected chi connectivity index (χ0v) is 10.0. The van der Waals surface area contributed by atoms with Crippen LogP contribution >= 0.6 is 0 Å². The van der Waals surface area contributed by atoms with Gasteiger partial charge in [-0.2, -0.15) is 5.10 Å². The van der Waals surface area contributed by atoms with Crippen LogP contribution in [0.2, 0.25) is 0 Å². The van der Waals surface area contributed by atoms with E-state index in [2.05, 4.69) is 20.5 Å². The van der Waals surface area contributed by atoms with Gasteiger partial charge in [-0.3, -0.25) is 0 Å². The summed E-state index contributed by atoms with van der Waals surface area (Å²) in [5.41, 5.74) is 1.78. The van der Waals surface area contributed by atoms with E-state index < -0.39 is 0 Å². The maximum Gasteiger partial charge on any atom is 0.242 e. The Labute approximate surface area is 96.3 Å². The van der Waals surface area contributed by atoms with Crippen molar-refractivity contribution in [2.45, 2.75) is 39.5 Å². The Bertz CT molecular complexity index is 317. The van der Waals surface area contributed by atoms with E-state index in [1.807, 2.05) is 13.8 Å². The summed E-state index contributed by atoms with van der Waals surface area (Å²) >= 11 is 0. The van der Waals surface area contributed by atoms with Crippen molar-refractivity contribution in [2.75, 3.05) is 18.5 Å². The second-order valence-corrected chi connectivity index (χ2v) is 3.87. The highest BCUT2D eigenvalue weighted by Gasteiger charge is 1.99. The third-order valence-electron chi connectivity index (χ3n) is 2.46. The van der Waals surface area contributed by atoms with Gasteiger partial charge in [0, 0.05) is 13.2 Å². The predicted octanol–water partition coefficient (Wildman–Crippen LogP) is 1.45. The summed E-state index contributed by atoms with van der Waals surface area (Å²) in [5.74, 6) is 0.602. The van der Waals surface area contributed by atoms with Crippen molar-refractivity contribution in [3.05, 3.63) is 11.4 Å². The summed E-state index contributed by atoms with van der Waals surface area (Å²) in [5, 5.41) is 19.7. The van der Waals surface area contributed by atoms with Gasteiger partial charge >= 0.3 is 0 Å². The van der Waals surface area contributed by atoms with Crippen molar-refractivity contribution < 1.29 is 5.11 Å². The fraction of sp³-hybridized carbons (Fsp3) is 0.727. The molecule has 1 aromatic rings. The molecule has 0 spiro atoms. The molecule has 0 aliphatic heterocycles. The van der Waals surface area contributed by atoms with Gasteiger partial charge in [-0.25, -0.2) is 4.98 Å². The van der Waals surface area contributed by atoms with Crippen LogP contribution in [-0.4, -0.2) is 33.4 Å².